The van der Waals surface area contributed by atoms with Crippen molar-refractivity contribution in [2.45, 2.75) is 25.9 Å². The van der Waals surface area contributed by atoms with Gasteiger partial charge in [-0.1, -0.05) is 49.8 Å². The van der Waals surface area contributed by atoms with Crippen LogP contribution in [0.15, 0.2) is 48.6 Å². The maximum atomic E-state index is 5.90. The third-order valence-electron chi connectivity index (χ3n) is 3.28. The molecule has 0 aliphatic carbocycles. The Bertz CT molecular complexity index is 431. The van der Waals surface area contributed by atoms with E-state index in [1.165, 1.54) is 12.0 Å². The van der Waals surface area contributed by atoms with Crippen LogP contribution in [0.5, 0.6) is 5.75 Å². The van der Waals surface area contributed by atoms with E-state index in [1.54, 1.807) is 7.11 Å². The molecule has 2 nitrogen and oxygen atoms in total. The zero-order valence-corrected chi connectivity index (χ0v) is 11.7. The van der Waals surface area contributed by atoms with Crippen LogP contribution in [0.4, 0.5) is 0 Å². The third-order valence-corrected chi connectivity index (χ3v) is 3.28. The largest absolute Gasteiger partial charge is 0.497 e. The lowest BCUT2D eigenvalue weighted by molar-refractivity contribution is 0.0647. The molecule has 1 aromatic rings. The van der Waals surface area contributed by atoms with E-state index in [2.05, 4.69) is 43.4 Å². The molecular formula is C17H22O2. The molecule has 2 rings (SSSR count). The molecule has 0 spiro atoms. The summed E-state index contributed by atoms with van der Waals surface area (Å²) in [5.41, 5.74) is 1.17. The van der Waals surface area contributed by atoms with Crippen molar-refractivity contribution in [2.75, 3.05) is 13.7 Å². The second-order valence-electron chi connectivity index (χ2n) is 4.79. The first kappa shape index (κ1) is 13.9. The highest BCUT2D eigenvalue weighted by atomic mass is 16.5. The quantitative estimate of drug-likeness (QED) is 0.733. The minimum Gasteiger partial charge on any atom is -0.497 e. The topological polar surface area (TPSA) is 18.5 Å². The Hall–Kier alpha value is -1.54. The van der Waals surface area contributed by atoms with E-state index < -0.39 is 0 Å². The van der Waals surface area contributed by atoms with Gasteiger partial charge in [0.15, 0.2) is 0 Å². The molecule has 0 N–H and O–H groups in total. The van der Waals surface area contributed by atoms with Crippen LogP contribution >= 0.6 is 0 Å². The smallest absolute Gasteiger partial charge is 0.118 e. The predicted octanol–water partition coefficient (Wildman–Crippen LogP) is 4.30. The molecule has 1 aromatic carbocycles. The maximum Gasteiger partial charge on any atom is 0.118 e. The molecule has 0 aromatic heterocycles. The van der Waals surface area contributed by atoms with Gasteiger partial charge in [-0.3, -0.25) is 0 Å². The summed E-state index contributed by atoms with van der Waals surface area (Å²) >= 11 is 0. The summed E-state index contributed by atoms with van der Waals surface area (Å²) in [7, 11) is 1.68. The Morgan fingerprint density at radius 3 is 2.63 bits per heavy atom. The van der Waals surface area contributed by atoms with E-state index in [0.717, 1.165) is 18.8 Å². The molecule has 1 aliphatic rings. The van der Waals surface area contributed by atoms with Gasteiger partial charge in [0, 0.05) is 5.92 Å². The first-order valence-corrected chi connectivity index (χ1v) is 6.94. The summed E-state index contributed by atoms with van der Waals surface area (Å²) in [4.78, 5) is 0. The standard InChI is InChI=1S/C17H22O2/c1-3-4-5-6-14-7-12-17(19-13-14)15-8-10-16(18-2)11-9-15/h5-12,14,17H,3-4,13H2,1-2H3/t14-,17+/m1/s1. The monoisotopic (exact) mass is 258 g/mol. The molecule has 0 amide bonds. The molecule has 0 saturated carbocycles. The summed E-state index contributed by atoms with van der Waals surface area (Å²) < 4.78 is 11.1. The highest BCUT2D eigenvalue weighted by Gasteiger charge is 2.15. The van der Waals surface area contributed by atoms with Crippen LogP contribution in [0, 0.1) is 5.92 Å². The zero-order chi connectivity index (χ0) is 13.5. The van der Waals surface area contributed by atoms with Crippen LogP contribution in [-0.4, -0.2) is 13.7 Å². The number of methoxy groups -OCH3 is 1. The summed E-state index contributed by atoms with van der Waals surface area (Å²) in [5, 5.41) is 0. The molecule has 0 fully saturated rings. The zero-order valence-electron chi connectivity index (χ0n) is 11.7. The summed E-state index contributed by atoms with van der Waals surface area (Å²) in [5.74, 6) is 1.30. The van der Waals surface area contributed by atoms with Gasteiger partial charge in [-0.2, -0.15) is 0 Å². The second kappa shape index (κ2) is 7.15. The molecule has 0 unspecified atom stereocenters. The van der Waals surface area contributed by atoms with Crippen LogP contribution in [0.25, 0.3) is 0 Å². The SMILES string of the molecule is CCCC=C[C@@H]1C=C[C@@H](c2ccc(OC)cc2)OC1. The lowest BCUT2D eigenvalue weighted by Gasteiger charge is -2.22. The van der Waals surface area contributed by atoms with Crippen LogP contribution in [0.3, 0.4) is 0 Å². The average Bonchev–Trinajstić information content (AvgIpc) is 2.48. The molecular weight excluding hydrogens is 236 g/mol. The Morgan fingerprint density at radius 1 is 1.26 bits per heavy atom. The summed E-state index contributed by atoms with van der Waals surface area (Å²) in [6, 6.07) is 8.06. The maximum absolute atomic E-state index is 5.90. The van der Waals surface area contributed by atoms with Gasteiger partial charge < -0.3 is 9.47 Å². The summed E-state index contributed by atoms with van der Waals surface area (Å²) in [6.45, 7) is 2.95. The van der Waals surface area contributed by atoms with Crippen molar-refractivity contribution in [1.82, 2.24) is 0 Å². The number of unbranched alkanes of at least 4 members (excludes halogenated alkanes) is 1. The lowest BCUT2D eigenvalue weighted by Crippen LogP contribution is -2.14. The van der Waals surface area contributed by atoms with E-state index in [9.17, 15) is 0 Å². The van der Waals surface area contributed by atoms with Crippen molar-refractivity contribution >= 4 is 0 Å². The van der Waals surface area contributed by atoms with Crippen molar-refractivity contribution in [3.05, 3.63) is 54.1 Å². The van der Waals surface area contributed by atoms with E-state index in [-0.39, 0.29) is 6.10 Å². The van der Waals surface area contributed by atoms with E-state index in [4.69, 9.17) is 9.47 Å². The first-order chi connectivity index (χ1) is 9.33. The van der Waals surface area contributed by atoms with Crippen LogP contribution in [-0.2, 0) is 4.74 Å². The normalized spacial score (nSPS) is 22.8. The van der Waals surface area contributed by atoms with Crippen LogP contribution < -0.4 is 4.74 Å². The Balaban J connectivity index is 1.95. The fourth-order valence-corrected chi connectivity index (χ4v) is 2.13. The van der Waals surface area contributed by atoms with Gasteiger partial charge in [-0.15, -0.1) is 0 Å². The third kappa shape index (κ3) is 3.97. The predicted molar refractivity (Wildman–Crippen MR) is 78.4 cm³/mol. The Labute approximate surface area is 115 Å². The minimum atomic E-state index is 0.0710. The summed E-state index contributed by atoms with van der Waals surface area (Å²) in [6.07, 6.45) is 11.3. The van der Waals surface area contributed by atoms with Gasteiger partial charge >= 0.3 is 0 Å². The molecule has 2 heteroatoms. The molecule has 0 bridgehead atoms. The Kier molecular flexibility index (Phi) is 5.22. The second-order valence-corrected chi connectivity index (χ2v) is 4.79. The number of ether oxygens (including phenoxy) is 2. The van der Waals surface area contributed by atoms with E-state index in [0.29, 0.717) is 5.92 Å². The van der Waals surface area contributed by atoms with Crippen LogP contribution in [0.2, 0.25) is 0 Å². The van der Waals surface area contributed by atoms with Gasteiger partial charge in [0.05, 0.1) is 13.7 Å². The molecule has 0 radical (unpaired) electrons. The van der Waals surface area contributed by atoms with Crippen molar-refractivity contribution in [2.24, 2.45) is 5.92 Å². The molecule has 19 heavy (non-hydrogen) atoms. The van der Waals surface area contributed by atoms with E-state index in [1.807, 2.05) is 12.1 Å². The van der Waals surface area contributed by atoms with Gasteiger partial charge in [0.2, 0.25) is 0 Å². The van der Waals surface area contributed by atoms with Gasteiger partial charge in [-0.05, 0) is 24.1 Å². The molecule has 1 heterocycles. The molecule has 1 aliphatic heterocycles. The highest BCUT2D eigenvalue weighted by molar-refractivity contribution is 5.30. The lowest BCUT2D eigenvalue weighted by atomic mass is 10.0. The van der Waals surface area contributed by atoms with Crippen molar-refractivity contribution in [3.63, 3.8) is 0 Å². The van der Waals surface area contributed by atoms with Gasteiger partial charge in [-0.25, -0.2) is 0 Å². The molecule has 102 valence electrons. The fourth-order valence-electron chi connectivity index (χ4n) is 2.13. The van der Waals surface area contributed by atoms with E-state index >= 15 is 0 Å². The van der Waals surface area contributed by atoms with Crippen molar-refractivity contribution in [3.8, 4) is 5.75 Å². The minimum absolute atomic E-state index is 0.0710. The number of rotatable bonds is 5. The Morgan fingerprint density at radius 2 is 2.05 bits per heavy atom. The molecule has 2 atom stereocenters. The average molecular weight is 258 g/mol. The van der Waals surface area contributed by atoms with Crippen LogP contribution in [0.1, 0.15) is 31.4 Å². The van der Waals surface area contributed by atoms with Gasteiger partial charge in [0.25, 0.3) is 0 Å². The fraction of sp³-hybridized carbons (Fsp3) is 0.412. The van der Waals surface area contributed by atoms with Crippen molar-refractivity contribution < 1.29 is 9.47 Å². The number of benzene rings is 1. The van der Waals surface area contributed by atoms with Crippen molar-refractivity contribution in [1.29, 1.82) is 0 Å². The van der Waals surface area contributed by atoms with Gasteiger partial charge in [0.1, 0.15) is 11.9 Å². The number of hydrogen-bond acceptors (Lipinski definition) is 2. The number of allylic oxidation sites excluding steroid dienone is 1. The number of hydrogen-bond donors (Lipinski definition) is 0. The molecule has 0 saturated heterocycles. The highest BCUT2D eigenvalue weighted by Crippen LogP contribution is 2.26. The first-order valence-electron chi connectivity index (χ1n) is 6.94.